The molecule has 0 saturated carbocycles. The molecule has 0 saturated heterocycles. The van der Waals surface area contributed by atoms with Gasteiger partial charge in [0.1, 0.15) is 10.6 Å². The van der Waals surface area contributed by atoms with E-state index in [2.05, 4.69) is 9.71 Å². The lowest BCUT2D eigenvalue weighted by Gasteiger charge is -2.12. The molecule has 0 aliphatic carbocycles. The second kappa shape index (κ2) is 8.15. The zero-order valence-electron chi connectivity index (χ0n) is 15.9. The lowest BCUT2D eigenvalue weighted by Crippen LogP contribution is -2.14. The van der Waals surface area contributed by atoms with Crippen LogP contribution < -0.4 is 15.2 Å². The topological polar surface area (TPSA) is 94.3 Å². The third-order valence-electron chi connectivity index (χ3n) is 4.25. The highest BCUT2D eigenvalue weighted by Crippen LogP contribution is 2.35. The van der Waals surface area contributed by atoms with E-state index in [1.165, 1.54) is 35.6 Å². The SMILES string of the molecule is Nc1ccc2nc(Oc3ccc(NS(=O)(=O)c4ccc(C(F)(F)F)cc4Cl)cc3)sc2c1. The van der Waals surface area contributed by atoms with Crippen LogP contribution in [0.5, 0.6) is 10.9 Å². The zero-order valence-corrected chi connectivity index (χ0v) is 18.2. The van der Waals surface area contributed by atoms with E-state index >= 15 is 0 Å². The largest absolute Gasteiger partial charge is 0.431 e. The Hall–Kier alpha value is -3.02. The van der Waals surface area contributed by atoms with Gasteiger partial charge >= 0.3 is 6.18 Å². The van der Waals surface area contributed by atoms with Crippen LogP contribution in [0.15, 0.2) is 65.6 Å². The highest BCUT2D eigenvalue weighted by molar-refractivity contribution is 7.92. The highest BCUT2D eigenvalue weighted by atomic mass is 35.5. The highest BCUT2D eigenvalue weighted by Gasteiger charge is 2.32. The number of sulfonamides is 1. The summed E-state index contributed by atoms with van der Waals surface area (Å²) in [6.07, 6.45) is -4.63. The van der Waals surface area contributed by atoms with Gasteiger partial charge in [0, 0.05) is 11.4 Å². The van der Waals surface area contributed by atoms with E-state index in [-0.39, 0.29) is 5.69 Å². The van der Waals surface area contributed by atoms with Crippen molar-refractivity contribution in [3.05, 3.63) is 71.2 Å². The number of aromatic nitrogens is 1. The van der Waals surface area contributed by atoms with Crippen LogP contribution >= 0.6 is 22.9 Å². The molecule has 0 unspecified atom stereocenters. The number of alkyl halides is 3. The summed E-state index contributed by atoms with van der Waals surface area (Å²) in [7, 11) is -4.21. The molecule has 3 N–H and O–H groups in total. The predicted molar refractivity (Wildman–Crippen MR) is 118 cm³/mol. The molecule has 0 bridgehead atoms. The van der Waals surface area contributed by atoms with Gasteiger partial charge in [-0.1, -0.05) is 22.9 Å². The maximum atomic E-state index is 12.8. The first-order chi connectivity index (χ1) is 15.0. The second-order valence-corrected chi connectivity index (χ2v) is 9.63. The van der Waals surface area contributed by atoms with Gasteiger partial charge in [-0.15, -0.1) is 0 Å². The fourth-order valence-electron chi connectivity index (χ4n) is 2.76. The summed E-state index contributed by atoms with van der Waals surface area (Å²) < 4.78 is 72.3. The molecule has 1 heterocycles. The number of nitrogens with zero attached hydrogens (tertiary/aromatic N) is 1. The number of thiazole rings is 1. The molecule has 0 atom stereocenters. The lowest BCUT2D eigenvalue weighted by molar-refractivity contribution is -0.137. The van der Waals surface area contributed by atoms with Crippen LogP contribution in [0.2, 0.25) is 5.02 Å². The van der Waals surface area contributed by atoms with Crippen LogP contribution in [-0.2, 0) is 16.2 Å². The summed E-state index contributed by atoms with van der Waals surface area (Å²) in [6.45, 7) is 0. The molecule has 32 heavy (non-hydrogen) atoms. The minimum Gasteiger partial charge on any atom is -0.431 e. The fraction of sp³-hybridized carbons (Fsp3) is 0.0500. The van der Waals surface area contributed by atoms with Crippen LogP contribution in [0, 0.1) is 0 Å². The molecule has 0 amide bonds. The van der Waals surface area contributed by atoms with Gasteiger partial charge in [-0.25, -0.2) is 13.4 Å². The van der Waals surface area contributed by atoms with Gasteiger partial charge in [-0.3, -0.25) is 4.72 Å². The Morgan fingerprint density at radius 1 is 1.03 bits per heavy atom. The van der Waals surface area contributed by atoms with Crippen LogP contribution in [0.3, 0.4) is 0 Å². The smallest absolute Gasteiger partial charge is 0.416 e. The molecule has 0 aliphatic heterocycles. The van der Waals surface area contributed by atoms with Crippen LogP contribution in [0.4, 0.5) is 24.5 Å². The predicted octanol–water partition coefficient (Wildman–Crippen LogP) is 6.14. The molecule has 3 aromatic carbocycles. The summed E-state index contributed by atoms with van der Waals surface area (Å²) in [6, 6.07) is 13.2. The van der Waals surface area contributed by atoms with E-state index in [1.807, 2.05) is 0 Å². The zero-order chi connectivity index (χ0) is 23.1. The summed E-state index contributed by atoms with van der Waals surface area (Å²) >= 11 is 7.09. The Labute approximate surface area is 189 Å². The van der Waals surface area contributed by atoms with Crippen molar-refractivity contribution in [3.8, 4) is 10.9 Å². The first-order valence-corrected chi connectivity index (χ1v) is 11.5. The Balaban J connectivity index is 1.50. The average Bonchev–Trinajstić information content (AvgIpc) is 3.09. The maximum Gasteiger partial charge on any atom is 0.416 e. The molecule has 1 aromatic heterocycles. The van der Waals surface area contributed by atoms with Gasteiger partial charge in [0.2, 0.25) is 0 Å². The van der Waals surface area contributed by atoms with Gasteiger partial charge in [0.05, 0.1) is 20.8 Å². The number of hydrogen-bond acceptors (Lipinski definition) is 6. The van der Waals surface area contributed by atoms with E-state index in [4.69, 9.17) is 22.1 Å². The quantitative estimate of drug-likeness (QED) is 0.321. The summed E-state index contributed by atoms with van der Waals surface area (Å²) in [5.41, 5.74) is 6.23. The molecule has 4 rings (SSSR count). The number of benzene rings is 3. The van der Waals surface area contributed by atoms with Gasteiger partial charge in [0.25, 0.3) is 15.2 Å². The second-order valence-electron chi connectivity index (χ2n) is 6.58. The molecular weight excluding hydrogens is 487 g/mol. The summed E-state index contributed by atoms with van der Waals surface area (Å²) in [5.74, 6) is 0.410. The Morgan fingerprint density at radius 2 is 1.75 bits per heavy atom. The normalized spacial score (nSPS) is 12.1. The number of halogens is 4. The van der Waals surface area contributed by atoms with Gasteiger partial charge in [0.15, 0.2) is 0 Å². The van der Waals surface area contributed by atoms with Crippen LogP contribution in [0.1, 0.15) is 5.56 Å². The van der Waals surface area contributed by atoms with E-state index in [0.717, 1.165) is 16.3 Å². The van der Waals surface area contributed by atoms with Gasteiger partial charge < -0.3 is 10.5 Å². The molecule has 0 aliphatic rings. The van der Waals surface area contributed by atoms with Crippen molar-refractivity contribution in [2.75, 3.05) is 10.5 Å². The van der Waals surface area contributed by atoms with Crippen molar-refractivity contribution in [3.63, 3.8) is 0 Å². The van der Waals surface area contributed by atoms with E-state index in [0.29, 0.717) is 28.8 Å². The number of fused-ring (bicyclic) bond motifs is 1. The lowest BCUT2D eigenvalue weighted by atomic mass is 10.2. The van der Waals surface area contributed by atoms with Crippen molar-refractivity contribution < 1.29 is 26.3 Å². The molecule has 166 valence electrons. The third-order valence-corrected chi connectivity index (χ3v) is 7.01. The standard InChI is InChI=1S/C20H13ClF3N3O3S2/c21-15-9-11(20(22,23)24)1-8-18(15)32(28,29)27-13-3-5-14(6-4-13)30-19-26-16-7-2-12(25)10-17(16)31-19/h1-10,27H,25H2. The molecule has 4 aromatic rings. The van der Waals surface area contributed by atoms with E-state index < -0.39 is 31.7 Å². The summed E-state index contributed by atoms with van der Waals surface area (Å²) in [5, 5.41) is -0.154. The first-order valence-electron chi connectivity index (χ1n) is 8.85. The average molecular weight is 500 g/mol. The molecule has 0 fully saturated rings. The number of nitrogens with two attached hydrogens (primary N) is 1. The molecule has 12 heteroatoms. The van der Waals surface area contributed by atoms with Gasteiger partial charge in [-0.2, -0.15) is 13.2 Å². The minimum atomic E-state index is -4.63. The van der Waals surface area contributed by atoms with Gasteiger partial charge in [-0.05, 0) is 60.7 Å². The van der Waals surface area contributed by atoms with Crippen molar-refractivity contribution in [2.45, 2.75) is 11.1 Å². The van der Waals surface area contributed by atoms with Crippen molar-refractivity contribution in [1.29, 1.82) is 0 Å². The molecule has 0 radical (unpaired) electrons. The molecule has 0 spiro atoms. The number of nitrogens with one attached hydrogen (secondary N) is 1. The van der Waals surface area contributed by atoms with Crippen molar-refractivity contribution in [2.24, 2.45) is 0 Å². The maximum absolute atomic E-state index is 12.8. The number of anilines is 2. The first kappa shape index (κ1) is 22.2. The monoisotopic (exact) mass is 499 g/mol. The Morgan fingerprint density at radius 3 is 2.41 bits per heavy atom. The molecule has 6 nitrogen and oxygen atoms in total. The fourth-order valence-corrected chi connectivity index (χ4v) is 5.25. The van der Waals surface area contributed by atoms with Crippen molar-refractivity contribution >= 4 is 54.6 Å². The van der Waals surface area contributed by atoms with Crippen LogP contribution in [-0.4, -0.2) is 13.4 Å². The number of ether oxygens (including phenoxy) is 1. The van der Waals surface area contributed by atoms with E-state index in [1.54, 1.807) is 18.2 Å². The minimum absolute atomic E-state index is 0.172. The molecular formula is C20H13ClF3N3O3S2. The third kappa shape index (κ3) is 4.74. The van der Waals surface area contributed by atoms with Crippen LogP contribution in [0.25, 0.3) is 10.2 Å². The number of nitrogen functional groups attached to an aromatic ring is 1. The number of hydrogen-bond donors (Lipinski definition) is 2. The Kier molecular flexibility index (Phi) is 5.65. The van der Waals surface area contributed by atoms with E-state index in [9.17, 15) is 21.6 Å². The number of rotatable bonds is 5. The summed E-state index contributed by atoms with van der Waals surface area (Å²) in [4.78, 5) is 3.87. The van der Waals surface area contributed by atoms with Crippen molar-refractivity contribution in [1.82, 2.24) is 4.98 Å². The Bertz CT molecular complexity index is 1410.